The topological polar surface area (TPSA) is 66.8 Å². The summed E-state index contributed by atoms with van der Waals surface area (Å²) in [6.45, 7) is 1.48. The van der Waals surface area contributed by atoms with Gasteiger partial charge in [-0.3, -0.25) is 9.69 Å². The maximum Gasteiger partial charge on any atom is 0.353 e. The van der Waals surface area contributed by atoms with Crippen LogP contribution < -0.4 is 0 Å². The Morgan fingerprint density at radius 1 is 1.60 bits per heavy atom. The van der Waals surface area contributed by atoms with E-state index < -0.39 is 23.9 Å². The van der Waals surface area contributed by atoms with Gasteiger partial charge in [0.25, 0.3) is 5.91 Å². The first-order chi connectivity index (χ1) is 9.56. The number of hydrogen-bond acceptors (Lipinski definition) is 4. The van der Waals surface area contributed by atoms with E-state index in [0.29, 0.717) is 22.7 Å². The van der Waals surface area contributed by atoms with E-state index in [0.717, 1.165) is 12.8 Å². The van der Waals surface area contributed by atoms with Crippen LogP contribution in [-0.2, 0) is 14.3 Å². The second-order valence-corrected chi connectivity index (χ2v) is 6.11. The predicted molar refractivity (Wildman–Crippen MR) is 70.5 cm³/mol. The Balaban J connectivity index is 1.96. The summed E-state index contributed by atoms with van der Waals surface area (Å²) in [4.78, 5) is 25.3. The second kappa shape index (κ2) is 4.89. The van der Waals surface area contributed by atoms with Crippen LogP contribution in [0.3, 0.4) is 0 Å². The molecule has 0 aliphatic carbocycles. The lowest BCUT2D eigenvalue weighted by Crippen LogP contribution is -2.51. The van der Waals surface area contributed by atoms with Gasteiger partial charge in [-0.05, 0) is 25.3 Å². The largest absolute Gasteiger partial charge is 0.477 e. The van der Waals surface area contributed by atoms with Crippen LogP contribution in [0.15, 0.2) is 21.7 Å². The number of halogens is 1. The van der Waals surface area contributed by atoms with Crippen LogP contribution in [0.2, 0.25) is 0 Å². The molecule has 1 N–H and O–H groups in total. The summed E-state index contributed by atoms with van der Waals surface area (Å²) in [5.74, 6) is -1.53. The van der Waals surface area contributed by atoms with Gasteiger partial charge >= 0.3 is 5.97 Å². The number of carboxylic acids is 1. The lowest BCUT2D eigenvalue weighted by Gasteiger charge is -2.38. The van der Waals surface area contributed by atoms with Crippen molar-refractivity contribution < 1.29 is 23.8 Å². The monoisotopic (exact) mass is 299 g/mol. The standard InChI is InChI=1S/C13H14FNO4S/c1-6(5-14)8-11(16)15-9(13(17)18)10(20-12(8)15)7-3-2-4-19-7/h7,12H,2-5H2,1H3,(H,17,18)/b8-6-/t7-,12-/m1/s1. The number of rotatable bonds is 3. The van der Waals surface area contributed by atoms with Crippen LogP contribution >= 0.6 is 11.8 Å². The van der Waals surface area contributed by atoms with Gasteiger partial charge in [0.1, 0.15) is 17.7 Å². The zero-order valence-corrected chi connectivity index (χ0v) is 11.7. The molecular formula is C13H14FNO4S. The van der Waals surface area contributed by atoms with E-state index in [1.54, 1.807) is 6.92 Å². The molecule has 108 valence electrons. The molecule has 0 radical (unpaired) electrons. The normalized spacial score (nSPS) is 31.5. The van der Waals surface area contributed by atoms with Crippen molar-refractivity contribution in [1.29, 1.82) is 0 Å². The molecule has 2 atom stereocenters. The number of fused-ring (bicyclic) bond motifs is 1. The maximum atomic E-state index is 12.7. The van der Waals surface area contributed by atoms with E-state index in [9.17, 15) is 19.1 Å². The zero-order chi connectivity index (χ0) is 14.4. The molecule has 3 aliphatic rings. The van der Waals surface area contributed by atoms with Crippen LogP contribution in [0.4, 0.5) is 4.39 Å². The molecule has 0 aromatic heterocycles. The lowest BCUT2D eigenvalue weighted by molar-refractivity contribution is -0.141. The number of hydrogen-bond donors (Lipinski definition) is 1. The van der Waals surface area contributed by atoms with Gasteiger partial charge in [-0.15, -0.1) is 0 Å². The Bertz CT molecular complexity index is 551. The zero-order valence-electron chi connectivity index (χ0n) is 10.9. The highest BCUT2D eigenvalue weighted by Crippen LogP contribution is 2.52. The molecular weight excluding hydrogens is 285 g/mol. The van der Waals surface area contributed by atoms with Gasteiger partial charge < -0.3 is 9.84 Å². The minimum atomic E-state index is -1.13. The van der Waals surface area contributed by atoms with Crippen molar-refractivity contribution in [3.05, 3.63) is 21.7 Å². The highest BCUT2D eigenvalue weighted by Gasteiger charge is 2.54. The van der Waals surface area contributed by atoms with Gasteiger partial charge in [0, 0.05) is 11.5 Å². The van der Waals surface area contributed by atoms with Crippen molar-refractivity contribution in [2.75, 3.05) is 13.3 Å². The average Bonchev–Trinajstić information content (AvgIpc) is 3.03. The average molecular weight is 299 g/mol. The van der Waals surface area contributed by atoms with Gasteiger partial charge in [0.15, 0.2) is 0 Å². The third kappa shape index (κ3) is 1.80. The lowest BCUT2D eigenvalue weighted by atomic mass is 9.99. The predicted octanol–water partition coefficient (Wildman–Crippen LogP) is 1.66. The van der Waals surface area contributed by atoms with Crippen LogP contribution in [0.5, 0.6) is 0 Å². The molecule has 5 nitrogen and oxygen atoms in total. The molecule has 3 aliphatic heterocycles. The number of carboxylic acid groups (broad SMARTS) is 1. The quantitative estimate of drug-likeness (QED) is 0.634. The molecule has 0 bridgehead atoms. The number of nitrogens with zero attached hydrogens (tertiary/aromatic N) is 1. The van der Waals surface area contributed by atoms with Crippen molar-refractivity contribution in [1.82, 2.24) is 4.90 Å². The van der Waals surface area contributed by atoms with E-state index in [1.165, 1.54) is 16.7 Å². The number of aliphatic carboxylic acids is 1. The Kier molecular flexibility index (Phi) is 3.33. The van der Waals surface area contributed by atoms with E-state index >= 15 is 0 Å². The molecule has 2 fully saturated rings. The van der Waals surface area contributed by atoms with Crippen LogP contribution in [0, 0.1) is 0 Å². The molecule has 2 saturated heterocycles. The SMILES string of the molecule is C/C(CF)=C1\C(=O)N2C(C(=O)O)=C([C@H]3CCCO3)S[C@H]12. The first-order valence-electron chi connectivity index (χ1n) is 6.41. The molecule has 0 saturated carbocycles. The number of ether oxygens (including phenoxy) is 1. The van der Waals surface area contributed by atoms with E-state index in [-0.39, 0.29) is 11.8 Å². The second-order valence-electron chi connectivity index (χ2n) is 4.99. The third-order valence-electron chi connectivity index (χ3n) is 3.73. The van der Waals surface area contributed by atoms with Crippen LogP contribution in [0.1, 0.15) is 19.8 Å². The maximum absolute atomic E-state index is 12.7. The Hall–Kier alpha value is -1.34. The Morgan fingerprint density at radius 2 is 2.35 bits per heavy atom. The molecule has 7 heteroatoms. The van der Waals surface area contributed by atoms with E-state index in [2.05, 4.69) is 0 Å². The summed E-state index contributed by atoms with van der Waals surface area (Å²) in [5, 5.41) is 8.96. The number of carbonyl (C=O) groups excluding carboxylic acids is 1. The molecule has 0 unspecified atom stereocenters. The Labute approximate surface area is 119 Å². The van der Waals surface area contributed by atoms with Gasteiger partial charge in [-0.1, -0.05) is 11.8 Å². The van der Waals surface area contributed by atoms with Crippen molar-refractivity contribution in [2.24, 2.45) is 0 Å². The molecule has 0 aromatic carbocycles. The van der Waals surface area contributed by atoms with Crippen molar-refractivity contribution in [3.63, 3.8) is 0 Å². The third-order valence-corrected chi connectivity index (χ3v) is 5.11. The fourth-order valence-corrected chi connectivity index (χ4v) is 4.32. The molecule has 0 aromatic rings. The molecule has 0 spiro atoms. The highest BCUT2D eigenvalue weighted by atomic mass is 32.2. The summed E-state index contributed by atoms with van der Waals surface area (Å²) in [6.07, 6.45) is 1.39. The Morgan fingerprint density at radius 3 is 2.90 bits per heavy atom. The van der Waals surface area contributed by atoms with Crippen molar-refractivity contribution >= 4 is 23.6 Å². The number of amides is 1. The number of allylic oxidation sites excluding steroid dienone is 1. The summed E-state index contributed by atoms with van der Waals surface area (Å²) in [6, 6.07) is 0. The fourth-order valence-electron chi connectivity index (χ4n) is 2.72. The van der Waals surface area contributed by atoms with E-state index in [1.807, 2.05) is 0 Å². The van der Waals surface area contributed by atoms with Crippen LogP contribution in [0.25, 0.3) is 0 Å². The summed E-state index contributed by atoms with van der Waals surface area (Å²) in [5.41, 5.74) is 0.777. The first kappa shape index (κ1) is 13.6. The van der Waals surface area contributed by atoms with E-state index in [4.69, 9.17) is 4.74 Å². The summed E-state index contributed by atoms with van der Waals surface area (Å²) >= 11 is 1.30. The first-order valence-corrected chi connectivity index (χ1v) is 7.29. The van der Waals surface area contributed by atoms with Crippen molar-refractivity contribution in [3.8, 4) is 0 Å². The minimum absolute atomic E-state index is 0.00677. The smallest absolute Gasteiger partial charge is 0.353 e. The number of thioether (sulfide) groups is 1. The van der Waals surface area contributed by atoms with Gasteiger partial charge in [0.2, 0.25) is 0 Å². The van der Waals surface area contributed by atoms with Gasteiger partial charge in [-0.25, -0.2) is 9.18 Å². The number of carbonyl (C=O) groups is 2. The minimum Gasteiger partial charge on any atom is -0.477 e. The van der Waals surface area contributed by atoms with Gasteiger partial charge in [0.05, 0.1) is 11.7 Å². The number of β-lactam (4-membered cyclic amide) rings is 1. The highest BCUT2D eigenvalue weighted by molar-refractivity contribution is 8.04. The fraction of sp³-hybridized carbons (Fsp3) is 0.538. The van der Waals surface area contributed by atoms with Gasteiger partial charge in [-0.2, -0.15) is 0 Å². The summed E-state index contributed by atoms with van der Waals surface area (Å²) < 4.78 is 18.3. The molecule has 20 heavy (non-hydrogen) atoms. The molecule has 3 heterocycles. The molecule has 1 amide bonds. The summed E-state index contributed by atoms with van der Waals surface area (Å²) in [7, 11) is 0. The molecule has 3 rings (SSSR count). The van der Waals surface area contributed by atoms with Crippen LogP contribution in [-0.4, -0.2) is 46.6 Å². The van der Waals surface area contributed by atoms with Crippen molar-refractivity contribution in [2.45, 2.75) is 31.2 Å². The number of alkyl halides is 1.